The number of carbonyl (C=O) groups is 2. The molecule has 1 aromatic heterocycles. The van der Waals surface area contributed by atoms with Crippen molar-refractivity contribution in [3.8, 4) is 0 Å². The second-order valence-corrected chi connectivity index (χ2v) is 6.69. The van der Waals surface area contributed by atoms with Crippen LogP contribution in [0.4, 0.5) is 10.1 Å². The van der Waals surface area contributed by atoms with Gasteiger partial charge >= 0.3 is 0 Å². The van der Waals surface area contributed by atoms with E-state index in [1.54, 1.807) is 29.2 Å². The van der Waals surface area contributed by atoms with E-state index in [1.807, 2.05) is 0 Å². The van der Waals surface area contributed by atoms with Crippen molar-refractivity contribution >= 4 is 40.1 Å². The average molecular weight is 403 g/mol. The number of para-hydroxylation sites is 1. The lowest BCUT2D eigenvalue weighted by Gasteiger charge is -2.26. The van der Waals surface area contributed by atoms with Crippen molar-refractivity contribution in [3.63, 3.8) is 0 Å². The summed E-state index contributed by atoms with van der Waals surface area (Å²) in [5.41, 5.74) is 0.829. The van der Waals surface area contributed by atoms with Crippen LogP contribution >= 0.6 is 11.6 Å². The van der Waals surface area contributed by atoms with Crippen molar-refractivity contribution in [2.45, 2.75) is 0 Å². The first-order valence-corrected chi connectivity index (χ1v) is 9.07. The van der Waals surface area contributed by atoms with Crippen molar-refractivity contribution in [3.05, 3.63) is 64.6 Å². The highest BCUT2D eigenvalue weighted by Gasteiger charge is 2.28. The predicted octanol–water partition coefficient (Wildman–Crippen LogP) is 3.95. The summed E-state index contributed by atoms with van der Waals surface area (Å²) in [6.45, 7) is 1.76. The second-order valence-electron chi connectivity index (χ2n) is 6.29. The van der Waals surface area contributed by atoms with E-state index in [4.69, 9.17) is 20.8 Å². The molecular formula is C20H16ClFN2O4. The number of anilines is 1. The summed E-state index contributed by atoms with van der Waals surface area (Å²) in [5, 5.41) is 3.28. The van der Waals surface area contributed by atoms with Crippen molar-refractivity contribution in [2.75, 3.05) is 31.6 Å². The first kappa shape index (κ1) is 18.5. The highest BCUT2D eigenvalue weighted by molar-refractivity contribution is 6.34. The molecule has 1 aliphatic rings. The average Bonchev–Trinajstić information content (AvgIpc) is 3.06. The summed E-state index contributed by atoms with van der Waals surface area (Å²) in [4.78, 5) is 27.3. The Bertz CT molecular complexity index is 1060. The Morgan fingerprint density at radius 3 is 2.61 bits per heavy atom. The standard InChI is InChI=1S/C20H16ClFN2O4/c21-15-11-12(22)5-6-13(15)19(25)23-17-14-3-1-2-4-16(14)28-18(17)20(26)24-7-9-27-10-8-24/h1-6,11H,7-10H2,(H,23,25). The van der Waals surface area contributed by atoms with Gasteiger partial charge in [-0.25, -0.2) is 4.39 Å². The van der Waals surface area contributed by atoms with Crippen LogP contribution in [0.1, 0.15) is 20.9 Å². The smallest absolute Gasteiger partial charge is 0.291 e. The molecule has 1 saturated heterocycles. The SMILES string of the molecule is O=C(Nc1c(C(=O)N2CCOCC2)oc2ccccc12)c1ccc(F)cc1Cl. The fourth-order valence-corrected chi connectivity index (χ4v) is 3.34. The number of ether oxygens (including phenoxy) is 1. The number of nitrogens with one attached hydrogen (secondary N) is 1. The minimum Gasteiger partial charge on any atom is -0.449 e. The van der Waals surface area contributed by atoms with E-state index in [-0.39, 0.29) is 27.9 Å². The molecule has 0 unspecified atom stereocenters. The summed E-state index contributed by atoms with van der Waals surface area (Å²) in [6.07, 6.45) is 0. The highest BCUT2D eigenvalue weighted by Crippen LogP contribution is 2.33. The number of benzene rings is 2. The molecule has 2 heterocycles. The maximum absolute atomic E-state index is 13.3. The van der Waals surface area contributed by atoms with Crippen molar-refractivity contribution < 1.29 is 23.1 Å². The molecule has 0 saturated carbocycles. The number of hydrogen-bond donors (Lipinski definition) is 1. The number of fused-ring (bicyclic) bond motifs is 1. The number of carbonyl (C=O) groups excluding carboxylic acids is 2. The minimum absolute atomic E-state index is 0.0219. The van der Waals surface area contributed by atoms with Gasteiger partial charge in [-0.2, -0.15) is 0 Å². The van der Waals surface area contributed by atoms with Crippen LogP contribution in [0, 0.1) is 5.82 Å². The van der Waals surface area contributed by atoms with Gasteiger partial charge in [-0.3, -0.25) is 9.59 Å². The molecule has 2 aromatic carbocycles. The minimum atomic E-state index is -0.562. The van der Waals surface area contributed by atoms with Gasteiger partial charge in [0, 0.05) is 18.5 Å². The molecule has 1 aliphatic heterocycles. The molecule has 0 bridgehead atoms. The van der Waals surface area contributed by atoms with Crippen molar-refractivity contribution in [1.82, 2.24) is 4.90 Å². The number of hydrogen-bond acceptors (Lipinski definition) is 4. The summed E-state index contributed by atoms with van der Waals surface area (Å²) in [6, 6.07) is 10.5. The van der Waals surface area contributed by atoms with E-state index < -0.39 is 11.7 Å². The van der Waals surface area contributed by atoms with Gasteiger partial charge in [-0.1, -0.05) is 23.7 Å². The van der Waals surface area contributed by atoms with Crippen LogP contribution < -0.4 is 5.32 Å². The van der Waals surface area contributed by atoms with Gasteiger partial charge in [-0.05, 0) is 30.3 Å². The predicted molar refractivity (Wildman–Crippen MR) is 102 cm³/mol. The number of nitrogens with zero attached hydrogens (tertiary/aromatic N) is 1. The van der Waals surface area contributed by atoms with Crippen molar-refractivity contribution in [1.29, 1.82) is 0 Å². The number of rotatable bonds is 3. The van der Waals surface area contributed by atoms with E-state index in [0.717, 1.165) is 12.1 Å². The zero-order valence-electron chi connectivity index (χ0n) is 14.7. The van der Waals surface area contributed by atoms with Gasteiger partial charge in [0.05, 0.1) is 23.8 Å². The van der Waals surface area contributed by atoms with E-state index in [9.17, 15) is 14.0 Å². The molecular weight excluding hydrogens is 387 g/mol. The van der Waals surface area contributed by atoms with E-state index >= 15 is 0 Å². The van der Waals surface area contributed by atoms with Gasteiger partial charge in [0.15, 0.2) is 0 Å². The van der Waals surface area contributed by atoms with Crippen LogP contribution in [0.3, 0.4) is 0 Å². The van der Waals surface area contributed by atoms with Gasteiger partial charge < -0.3 is 19.4 Å². The Hall–Kier alpha value is -2.90. The normalized spacial score (nSPS) is 14.3. The first-order valence-electron chi connectivity index (χ1n) is 8.69. The Labute approximate surface area is 164 Å². The fraction of sp³-hybridized carbons (Fsp3) is 0.200. The van der Waals surface area contributed by atoms with Crippen LogP contribution in [0.5, 0.6) is 0 Å². The summed E-state index contributed by atoms with van der Waals surface area (Å²) in [5.74, 6) is -1.40. The topological polar surface area (TPSA) is 71.8 Å². The Morgan fingerprint density at radius 2 is 1.86 bits per heavy atom. The van der Waals surface area contributed by atoms with E-state index in [1.165, 1.54) is 6.07 Å². The summed E-state index contributed by atoms with van der Waals surface area (Å²) >= 11 is 5.99. The maximum Gasteiger partial charge on any atom is 0.291 e. The number of amides is 2. The molecule has 6 nitrogen and oxygen atoms in total. The Kier molecular flexibility index (Phi) is 5.02. The van der Waals surface area contributed by atoms with Gasteiger partial charge in [0.2, 0.25) is 5.76 Å². The molecule has 0 spiro atoms. The quantitative estimate of drug-likeness (QED) is 0.720. The van der Waals surface area contributed by atoms with Crippen LogP contribution in [-0.2, 0) is 4.74 Å². The molecule has 2 amide bonds. The van der Waals surface area contributed by atoms with Gasteiger partial charge in [-0.15, -0.1) is 0 Å². The maximum atomic E-state index is 13.3. The zero-order chi connectivity index (χ0) is 19.7. The molecule has 3 aromatic rings. The lowest BCUT2D eigenvalue weighted by Crippen LogP contribution is -2.40. The molecule has 0 atom stereocenters. The lowest BCUT2D eigenvalue weighted by molar-refractivity contribution is 0.0285. The molecule has 0 aliphatic carbocycles. The first-order chi connectivity index (χ1) is 13.5. The molecule has 0 radical (unpaired) electrons. The van der Waals surface area contributed by atoms with Crippen LogP contribution in [0.25, 0.3) is 11.0 Å². The summed E-state index contributed by atoms with van der Waals surface area (Å²) < 4.78 is 24.3. The molecule has 144 valence electrons. The third kappa shape index (κ3) is 3.46. The summed E-state index contributed by atoms with van der Waals surface area (Å²) in [7, 11) is 0. The molecule has 1 fully saturated rings. The van der Waals surface area contributed by atoms with Crippen LogP contribution in [-0.4, -0.2) is 43.0 Å². The van der Waals surface area contributed by atoms with Gasteiger partial charge in [0.25, 0.3) is 11.8 Å². The van der Waals surface area contributed by atoms with E-state index in [0.29, 0.717) is 37.3 Å². The third-order valence-corrected chi connectivity index (χ3v) is 4.82. The molecule has 1 N–H and O–H groups in total. The second kappa shape index (κ2) is 7.61. The third-order valence-electron chi connectivity index (χ3n) is 4.50. The zero-order valence-corrected chi connectivity index (χ0v) is 15.5. The van der Waals surface area contributed by atoms with Gasteiger partial charge in [0.1, 0.15) is 17.1 Å². The highest BCUT2D eigenvalue weighted by atomic mass is 35.5. The fourth-order valence-electron chi connectivity index (χ4n) is 3.08. The lowest BCUT2D eigenvalue weighted by atomic mass is 10.1. The molecule has 28 heavy (non-hydrogen) atoms. The van der Waals surface area contributed by atoms with Crippen LogP contribution in [0.15, 0.2) is 46.9 Å². The molecule has 8 heteroatoms. The number of furan rings is 1. The number of morpholine rings is 1. The van der Waals surface area contributed by atoms with Crippen LogP contribution in [0.2, 0.25) is 5.02 Å². The molecule has 4 rings (SSSR count). The monoisotopic (exact) mass is 402 g/mol. The Morgan fingerprint density at radius 1 is 1.11 bits per heavy atom. The largest absolute Gasteiger partial charge is 0.449 e. The van der Waals surface area contributed by atoms with Crippen molar-refractivity contribution in [2.24, 2.45) is 0 Å². The Balaban J connectivity index is 1.72. The van der Waals surface area contributed by atoms with E-state index in [2.05, 4.69) is 5.32 Å². The number of halogens is 2.